The third-order valence-electron chi connectivity index (χ3n) is 6.58. The average Bonchev–Trinajstić information content (AvgIpc) is 3.07. The number of likely N-dealkylation sites (tertiary alicyclic amines) is 1. The third-order valence-corrected chi connectivity index (χ3v) is 7.31. The fraction of sp³-hybridized carbons (Fsp3) is 0.714. The molecule has 0 spiro atoms. The first-order valence-electron chi connectivity index (χ1n) is 10.5. The molecule has 3 aliphatic rings. The van der Waals surface area contributed by atoms with Crippen molar-refractivity contribution in [3.8, 4) is 0 Å². The van der Waals surface area contributed by atoms with Gasteiger partial charge in [0.25, 0.3) is 0 Å². The highest BCUT2D eigenvalue weighted by molar-refractivity contribution is 7.07. The molecule has 2 aromatic heterocycles. The number of rotatable bonds is 8. The van der Waals surface area contributed by atoms with Crippen LogP contribution in [0.2, 0.25) is 0 Å². The summed E-state index contributed by atoms with van der Waals surface area (Å²) in [6.07, 6.45) is 7.25. The molecule has 0 radical (unpaired) electrons. The highest BCUT2D eigenvalue weighted by atomic mass is 32.1. The van der Waals surface area contributed by atoms with Crippen LogP contribution in [0.5, 0.6) is 0 Å². The molecule has 0 bridgehead atoms. The van der Waals surface area contributed by atoms with Gasteiger partial charge in [-0.1, -0.05) is 5.21 Å². The minimum Gasteiger partial charge on any atom is -0.378 e. The number of nitrogens with zero attached hydrogens (tertiary/aromatic N) is 4. The lowest BCUT2D eigenvalue weighted by atomic mass is 9.77. The van der Waals surface area contributed by atoms with E-state index in [2.05, 4.69) is 42.9 Å². The monoisotopic (exact) mass is 402 g/mol. The van der Waals surface area contributed by atoms with Crippen molar-refractivity contribution >= 4 is 11.3 Å². The summed E-state index contributed by atoms with van der Waals surface area (Å²) in [6, 6.07) is 2.54. The second-order valence-electron chi connectivity index (χ2n) is 8.82. The summed E-state index contributed by atoms with van der Waals surface area (Å²) in [6.45, 7) is 4.89. The summed E-state index contributed by atoms with van der Waals surface area (Å²) in [5.74, 6) is 2.25. The van der Waals surface area contributed by atoms with Crippen LogP contribution >= 0.6 is 11.3 Å². The van der Waals surface area contributed by atoms with Gasteiger partial charge in [0.15, 0.2) is 0 Å². The van der Waals surface area contributed by atoms with Gasteiger partial charge < -0.3 is 9.47 Å². The Hall–Kier alpha value is -1.28. The van der Waals surface area contributed by atoms with Gasteiger partial charge in [0.05, 0.1) is 24.9 Å². The van der Waals surface area contributed by atoms with Crippen LogP contribution in [0.15, 0.2) is 23.0 Å². The van der Waals surface area contributed by atoms with E-state index >= 15 is 0 Å². The molecule has 0 unspecified atom stereocenters. The summed E-state index contributed by atoms with van der Waals surface area (Å²) >= 11 is 1.79. The number of aromatic nitrogens is 3. The molecule has 2 aromatic rings. The molecule has 0 aromatic carbocycles. The second-order valence-corrected chi connectivity index (χ2v) is 9.60. The van der Waals surface area contributed by atoms with E-state index in [1.54, 1.807) is 18.4 Å². The Kier molecular flexibility index (Phi) is 5.50. The van der Waals surface area contributed by atoms with Gasteiger partial charge in [-0.15, -0.1) is 5.10 Å². The second kappa shape index (κ2) is 8.22. The SMILES string of the molecule is COCc1cn([C@@H]2C[C@@H]3CN(Cc4ccsc4)C[C@@H]3C[C@H]2OCC2CC2)nn1. The summed E-state index contributed by atoms with van der Waals surface area (Å²) in [7, 11) is 1.70. The molecule has 1 aliphatic heterocycles. The first-order chi connectivity index (χ1) is 13.8. The fourth-order valence-electron chi connectivity index (χ4n) is 4.95. The Bertz CT molecular complexity index is 760. The molecule has 4 atom stereocenters. The van der Waals surface area contributed by atoms with E-state index in [-0.39, 0.29) is 6.10 Å². The zero-order chi connectivity index (χ0) is 18.9. The molecule has 7 heteroatoms. The van der Waals surface area contributed by atoms with Crippen LogP contribution in [0.25, 0.3) is 0 Å². The first-order valence-corrected chi connectivity index (χ1v) is 11.5. The van der Waals surface area contributed by atoms with Crippen molar-refractivity contribution in [3.63, 3.8) is 0 Å². The molecular weight excluding hydrogens is 372 g/mol. The van der Waals surface area contributed by atoms with Crippen LogP contribution in [0.4, 0.5) is 0 Å². The molecular formula is C21H30N4O2S. The van der Waals surface area contributed by atoms with E-state index in [0.29, 0.717) is 12.6 Å². The van der Waals surface area contributed by atoms with E-state index in [1.165, 1.54) is 31.5 Å². The van der Waals surface area contributed by atoms with Gasteiger partial charge >= 0.3 is 0 Å². The highest BCUT2D eigenvalue weighted by Gasteiger charge is 2.44. The maximum atomic E-state index is 6.46. The summed E-state index contributed by atoms with van der Waals surface area (Å²) in [4.78, 5) is 2.63. The van der Waals surface area contributed by atoms with Crippen LogP contribution in [0, 0.1) is 17.8 Å². The van der Waals surface area contributed by atoms with E-state index in [4.69, 9.17) is 9.47 Å². The minimum atomic E-state index is 0.250. The minimum absolute atomic E-state index is 0.250. The molecule has 5 rings (SSSR count). The lowest BCUT2D eigenvalue weighted by molar-refractivity contribution is -0.0376. The number of hydrogen-bond acceptors (Lipinski definition) is 6. The molecule has 3 fully saturated rings. The lowest BCUT2D eigenvalue weighted by Crippen LogP contribution is -2.38. The van der Waals surface area contributed by atoms with Crippen LogP contribution < -0.4 is 0 Å². The molecule has 152 valence electrons. The maximum absolute atomic E-state index is 6.46. The van der Waals surface area contributed by atoms with Crippen molar-refractivity contribution in [1.29, 1.82) is 0 Å². The van der Waals surface area contributed by atoms with Crippen LogP contribution in [0.1, 0.15) is 43.0 Å². The van der Waals surface area contributed by atoms with E-state index in [0.717, 1.165) is 49.4 Å². The van der Waals surface area contributed by atoms with E-state index in [9.17, 15) is 0 Å². The summed E-state index contributed by atoms with van der Waals surface area (Å²) in [5, 5.41) is 13.2. The van der Waals surface area contributed by atoms with Gasteiger partial charge in [-0.3, -0.25) is 4.90 Å². The van der Waals surface area contributed by atoms with E-state index < -0.39 is 0 Å². The third kappa shape index (κ3) is 4.17. The average molecular weight is 403 g/mol. The van der Waals surface area contributed by atoms with Crippen molar-refractivity contribution < 1.29 is 9.47 Å². The first kappa shape index (κ1) is 18.7. The molecule has 1 saturated heterocycles. The Morgan fingerprint density at radius 2 is 2.07 bits per heavy atom. The predicted molar refractivity (Wildman–Crippen MR) is 108 cm³/mol. The molecule has 2 saturated carbocycles. The van der Waals surface area contributed by atoms with Gasteiger partial charge in [0.1, 0.15) is 5.69 Å². The zero-order valence-electron chi connectivity index (χ0n) is 16.6. The molecule has 6 nitrogen and oxygen atoms in total. The topological polar surface area (TPSA) is 52.4 Å². The van der Waals surface area contributed by atoms with Gasteiger partial charge in [-0.2, -0.15) is 11.3 Å². The Balaban J connectivity index is 1.28. The van der Waals surface area contributed by atoms with Crippen LogP contribution in [0.3, 0.4) is 0 Å². The molecule has 28 heavy (non-hydrogen) atoms. The maximum Gasteiger partial charge on any atom is 0.108 e. The highest BCUT2D eigenvalue weighted by Crippen LogP contribution is 2.43. The predicted octanol–water partition coefficient (Wildman–Crippen LogP) is 3.36. The quantitative estimate of drug-likeness (QED) is 0.678. The standard InChI is InChI=1S/C21H30N4O2S/c1-26-13-19-11-25(23-22-19)20-6-17-9-24(8-16-4-5-28-14-16)10-18(17)7-21(20)27-12-15-2-3-15/h4-5,11,14-15,17-18,20-21H,2-3,6-10,12-13H2,1H3/t17-,18+,20-,21-/m1/s1. The van der Waals surface area contributed by atoms with Crippen LogP contribution in [-0.4, -0.2) is 52.8 Å². The van der Waals surface area contributed by atoms with Crippen LogP contribution in [-0.2, 0) is 22.6 Å². The van der Waals surface area contributed by atoms with Gasteiger partial charge in [0, 0.05) is 33.4 Å². The number of thiophene rings is 1. The molecule has 0 amide bonds. The lowest BCUT2D eigenvalue weighted by Gasteiger charge is -2.37. The van der Waals surface area contributed by atoms with Crippen molar-refractivity contribution in [2.45, 2.75) is 51.0 Å². The zero-order valence-corrected chi connectivity index (χ0v) is 17.4. The summed E-state index contributed by atoms with van der Waals surface area (Å²) in [5.41, 5.74) is 2.35. The number of ether oxygens (including phenoxy) is 2. The van der Waals surface area contributed by atoms with Crippen molar-refractivity contribution in [3.05, 3.63) is 34.3 Å². The van der Waals surface area contributed by atoms with Gasteiger partial charge in [-0.05, 0) is 65.8 Å². The largest absolute Gasteiger partial charge is 0.378 e. The van der Waals surface area contributed by atoms with Crippen molar-refractivity contribution in [2.75, 3.05) is 26.8 Å². The number of fused-ring (bicyclic) bond motifs is 1. The fourth-order valence-corrected chi connectivity index (χ4v) is 5.61. The number of hydrogen-bond donors (Lipinski definition) is 0. The van der Waals surface area contributed by atoms with Crippen molar-refractivity contribution in [2.24, 2.45) is 17.8 Å². The summed E-state index contributed by atoms with van der Waals surface area (Å²) < 4.78 is 13.7. The number of methoxy groups -OCH3 is 1. The van der Waals surface area contributed by atoms with Gasteiger partial charge in [-0.25, -0.2) is 4.68 Å². The van der Waals surface area contributed by atoms with Gasteiger partial charge in [0.2, 0.25) is 0 Å². The molecule has 0 N–H and O–H groups in total. The Morgan fingerprint density at radius 3 is 2.82 bits per heavy atom. The van der Waals surface area contributed by atoms with Crippen molar-refractivity contribution in [1.82, 2.24) is 19.9 Å². The molecule has 3 heterocycles. The smallest absolute Gasteiger partial charge is 0.108 e. The Morgan fingerprint density at radius 1 is 1.21 bits per heavy atom. The normalized spacial score (nSPS) is 30.6. The Labute approximate surface area is 170 Å². The molecule has 2 aliphatic carbocycles. The van der Waals surface area contributed by atoms with E-state index in [1.807, 2.05) is 0 Å².